The number of rotatable bonds is 7. The van der Waals surface area contributed by atoms with Crippen LogP contribution in [0.2, 0.25) is 0 Å². The third-order valence-electron chi connectivity index (χ3n) is 5.35. The Morgan fingerprint density at radius 2 is 1.94 bits per heavy atom. The average Bonchev–Trinajstić information content (AvgIpc) is 3.52. The fraction of sp³-hybridized carbons (Fsp3) is 0.364. The number of anilines is 1. The van der Waals surface area contributed by atoms with Gasteiger partial charge in [0, 0.05) is 30.6 Å². The maximum Gasteiger partial charge on any atom is 0.227 e. The molecule has 2 N–H and O–H groups in total. The molecule has 0 atom stereocenters. The van der Waals surface area contributed by atoms with Crippen molar-refractivity contribution in [1.29, 1.82) is 0 Å². The average molecular weight is 565 g/mol. The first kappa shape index (κ1) is 24.2. The van der Waals surface area contributed by atoms with Crippen LogP contribution in [0.1, 0.15) is 34.9 Å². The number of aromatic nitrogens is 3. The number of aryl methyl sites for hydroxylation is 1. The number of halogens is 1. The van der Waals surface area contributed by atoms with Gasteiger partial charge in [-0.1, -0.05) is 18.2 Å². The van der Waals surface area contributed by atoms with Crippen LogP contribution in [0.15, 0.2) is 46.8 Å². The van der Waals surface area contributed by atoms with Crippen LogP contribution in [0.5, 0.6) is 0 Å². The van der Waals surface area contributed by atoms with Crippen molar-refractivity contribution >= 4 is 52.9 Å². The quantitative estimate of drug-likeness (QED) is 0.261. The van der Waals surface area contributed by atoms with Gasteiger partial charge >= 0.3 is 0 Å². The second-order valence-corrected chi connectivity index (χ2v) is 8.52. The molecule has 0 aliphatic carbocycles. The Bertz CT molecular complexity index is 1050. The second-order valence-electron chi connectivity index (χ2n) is 7.49. The molecule has 1 aromatic carbocycles. The number of carbonyl (C=O) groups excluding carboxylic acids is 1. The van der Waals surface area contributed by atoms with E-state index in [4.69, 9.17) is 4.99 Å². The molecule has 170 valence electrons. The molecule has 0 saturated carbocycles. The third kappa shape index (κ3) is 6.06. The molecule has 1 aliphatic rings. The molecule has 0 bridgehead atoms. The number of amides is 1. The summed E-state index contributed by atoms with van der Waals surface area (Å²) in [6.45, 7) is 4.51. The van der Waals surface area contributed by atoms with Crippen LogP contribution in [0.4, 0.5) is 5.69 Å². The van der Waals surface area contributed by atoms with Gasteiger partial charge in [-0.25, -0.2) is 4.99 Å². The Hall–Kier alpha value is -2.47. The van der Waals surface area contributed by atoms with Crippen LogP contribution in [0.3, 0.4) is 0 Å². The summed E-state index contributed by atoms with van der Waals surface area (Å²) >= 11 is 1.71. The van der Waals surface area contributed by atoms with Gasteiger partial charge in [0.05, 0.1) is 19.6 Å². The Morgan fingerprint density at radius 3 is 2.56 bits per heavy atom. The molecule has 1 fully saturated rings. The van der Waals surface area contributed by atoms with Gasteiger partial charge in [-0.3, -0.25) is 4.79 Å². The topological polar surface area (TPSA) is 87.4 Å². The number of nitrogens with one attached hydrogen (secondary N) is 2. The van der Waals surface area contributed by atoms with E-state index in [0.29, 0.717) is 32.0 Å². The van der Waals surface area contributed by atoms with Crippen molar-refractivity contribution in [3.63, 3.8) is 0 Å². The number of nitrogens with zero attached hydrogens (tertiary/aromatic N) is 5. The van der Waals surface area contributed by atoms with Gasteiger partial charge in [0.25, 0.3) is 0 Å². The lowest BCUT2D eigenvalue weighted by Crippen LogP contribution is -2.37. The lowest BCUT2D eigenvalue weighted by Gasteiger charge is -2.16. The van der Waals surface area contributed by atoms with Crippen molar-refractivity contribution in [2.75, 3.05) is 11.4 Å². The molecule has 4 rings (SSSR count). The van der Waals surface area contributed by atoms with Crippen molar-refractivity contribution in [3.8, 4) is 0 Å². The maximum atomic E-state index is 11.9. The lowest BCUT2D eigenvalue weighted by atomic mass is 10.2. The molecule has 0 unspecified atom stereocenters. The van der Waals surface area contributed by atoms with Crippen molar-refractivity contribution in [1.82, 2.24) is 25.4 Å². The summed E-state index contributed by atoms with van der Waals surface area (Å²) < 4.78 is 1.96. The highest BCUT2D eigenvalue weighted by atomic mass is 127. The van der Waals surface area contributed by atoms with Gasteiger partial charge < -0.3 is 20.1 Å². The summed E-state index contributed by atoms with van der Waals surface area (Å²) in [6.07, 6.45) is 1.57. The smallest absolute Gasteiger partial charge is 0.227 e. The fourth-order valence-corrected chi connectivity index (χ4v) is 4.04. The van der Waals surface area contributed by atoms with E-state index in [2.05, 4.69) is 32.3 Å². The normalized spacial score (nSPS) is 13.9. The SMILES string of the molecule is Cc1nnc(CNC(=NCc2ccc(N3CCCC3=O)cc2)NCc2cccs2)n1C.I. The Balaban J connectivity index is 0.00000289. The number of guanidine groups is 1. The Labute approximate surface area is 209 Å². The standard InChI is InChI=1S/C22H27N7OS.HI/c1-16-26-27-20(28(16)2)15-25-22(24-14-19-5-4-12-31-19)23-13-17-7-9-18(10-8-17)29-11-3-6-21(29)30;/h4-5,7-10,12H,3,6,11,13-15H2,1-2H3,(H2,23,24,25);1H. The van der Waals surface area contributed by atoms with Gasteiger partial charge in [-0.15, -0.1) is 45.5 Å². The molecular weight excluding hydrogens is 537 g/mol. The minimum absolute atomic E-state index is 0. The Morgan fingerprint density at radius 1 is 1.16 bits per heavy atom. The zero-order chi connectivity index (χ0) is 21.6. The van der Waals surface area contributed by atoms with Crippen LogP contribution >= 0.6 is 35.3 Å². The molecule has 8 nitrogen and oxygen atoms in total. The zero-order valence-electron chi connectivity index (χ0n) is 18.2. The van der Waals surface area contributed by atoms with Crippen molar-refractivity contribution in [3.05, 3.63) is 63.9 Å². The first-order valence-electron chi connectivity index (χ1n) is 10.4. The fourth-order valence-electron chi connectivity index (χ4n) is 3.40. The highest BCUT2D eigenvalue weighted by Gasteiger charge is 2.21. The number of hydrogen-bond acceptors (Lipinski definition) is 5. The molecule has 10 heteroatoms. The molecular formula is C22H28IN7OS. The molecule has 1 saturated heterocycles. The highest BCUT2D eigenvalue weighted by Crippen LogP contribution is 2.21. The van der Waals surface area contributed by atoms with Crippen LogP contribution in [0.25, 0.3) is 0 Å². The summed E-state index contributed by atoms with van der Waals surface area (Å²) in [7, 11) is 1.95. The van der Waals surface area contributed by atoms with E-state index in [1.54, 1.807) is 11.3 Å². The summed E-state index contributed by atoms with van der Waals surface area (Å²) in [4.78, 5) is 19.8. The van der Waals surface area contributed by atoms with E-state index in [0.717, 1.165) is 35.9 Å². The summed E-state index contributed by atoms with van der Waals surface area (Å²) in [5, 5.41) is 17.1. The van der Waals surface area contributed by atoms with Gasteiger partial charge in [0.1, 0.15) is 5.82 Å². The minimum Gasteiger partial charge on any atom is -0.351 e. The van der Waals surface area contributed by atoms with E-state index in [1.807, 2.05) is 53.8 Å². The molecule has 3 aromatic rings. The molecule has 32 heavy (non-hydrogen) atoms. The predicted molar refractivity (Wildman–Crippen MR) is 138 cm³/mol. The zero-order valence-corrected chi connectivity index (χ0v) is 21.4. The van der Waals surface area contributed by atoms with Crippen molar-refractivity contribution < 1.29 is 4.79 Å². The third-order valence-corrected chi connectivity index (χ3v) is 6.22. The van der Waals surface area contributed by atoms with Gasteiger partial charge in [0.2, 0.25) is 5.91 Å². The number of thiophene rings is 1. The monoisotopic (exact) mass is 565 g/mol. The van der Waals surface area contributed by atoms with E-state index in [1.165, 1.54) is 4.88 Å². The van der Waals surface area contributed by atoms with Crippen molar-refractivity contribution in [2.24, 2.45) is 12.0 Å². The summed E-state index contributed by atoms with van der Waals surface area (Å²) in [5.41, 5.74) is 2.05. The van der Waals surface area contributed by atoms with E-state index in [9.17, 15) is 4.79 Å². The van der Waals surface area contributed by atoms with E-state index >= 15 is 0 Å². The Kier molecular flexibility index (Phi) is 8.62. The van der Waals surface area contributed by atoms with Gasteiger partial charge in [-0.2, -0.15) is 0 Å². The van der Waals surface area contributed by atoms with Gasteiger partial charge in [0.15, 0.2) is 11.8 Å². The van der Waals surface area contributed by atoms with Crippen molar-refractivity contribution in [2.45, 2.75) is 39.4 Å². The first-order valence-corrected chi connectivity index (χ1v) is 11.3. The number of hydrogen-bond donors (Lipinski definition) is 2. The van der Waals surface area contributed by atoms with Crippen LogP contribution < -0.4 is 15.5 Å². The molecule has 2 aromatic heterocycles. The van der Waals surface area contributed by atoms with Crippen LogP contribution in [0, 0.1) is 6.92 Å². The van der Waals surface area contributed by atoms with Gasteiger partial charge in [-0.05, 0) is 42.5 Å². The van der Waals surface area contributed by atoms with Crippen LogP contribution in [-0.4, -0.2) is 33.2 Å². The maximum absolute atomic E-state index is 11.9. The molecule has 3 heterocycles. The largest absolute Gasteiger partial charge is 0.351 e. The van der Waals surface area contributed by atoms with E-state index in [-0.39, 0.29) is 29.9 Å². The summed E-state index contributed by atoms with van der Waals surface area (Å²) in [6, 6.07) is 12.2. The molecule has 1 amide bonds. The van der Waals surface area contributed by atoms with E-state index < -0.39 is 0 Å². The van der Waals surface area contributed by atoms with Crippen LogP contribution in [-0.2, 0) is 31.5 Å². The number of aliphatic imine (C=N–C) groups is 1. The highest BCUT2D eigenvalue weighted by molar-refractivity contribution is 14.0. The molecule has 0 spiro atoms. The predicted octanol–water partition coefficient (Wildman–Crippen LogP) is 3.37. The summed E-state index contributed by atoms with van der Waals surface area (Å²) in [5.74, 6) is 2.64. The second kappa shape index (κ2) is 11.4. The number of carbonyl (C=O) groups is 1. The lowest BCUT2D eigenvalue weighted by molar-refractivity contribution is -0.117. The first-order chi connectivity index (χ1) is 15.1. The number of benzene rings is 1. The molecule has 1 aliphatic heterocycles. The minimum atomic E-state index is 0. The molecule has 0 radical (unpaired) electrons.